The number of anilines is 1. The maximum absolute atomic E-state index is 12.1. The molecule has 0 aliphatic rings. The largest absolute Gasteiger partial charge is 0.336 e. The van der Waals surface area contributed by atoms with Crippen molar-refractivity contribution < 1.29 is 8.42 Å². The second-order valence-electron chi connectivity index (χ2n) is 3.68. The Morgan fingerprint density at radius 1 is 1.50 bits per heavy atom. The van der Waals surface area contributed by atoms with Crippen LogP contribution in [0.5, 0.6) is 0 Å². The Balaban J connectivity index is 2.17. The molecule has 0 bridgehead atoms. The molecule has 7 nitrogen and oxygen atoms in total. The second kappa shape index (κ2) is 6.04. The van der Waals surface area contributed by atoms with Crippen LogP contribution >= 0.6 is 11.3 Å². The number of hydrogen-bond acceptors (Lipinski definition) is 6. The van der Waals surface area contributed by atoms with Crippen LogP contribution in [0.2, 0.25) is 0 Å². The highest BCUT2D eigenvalue weighted by Crippen LogP contribution is 2.20. The first-order valence-corrected chi connectivity index (χ1v) is 8.04. The van der Waals surface area contributed by atoms with Gasteiger partial charge in [0.05, 0.1) is 23.9 Å². The van der Waals surface area contributed by atoms with Gasteiger partial charge in [0.2, 0.25) is 0 Å². The molecule has 106 valence electrons. The van der Waals surface area contributed by atoms with Crippen LogP contribution in [0.15, 0.2) is 23.7 Å². The fourth-order valence-corrected chi connectivity index (χ4v) is 3.22. The summed E-state index contributed by atoms with van der Waals surface area (Å²) in [5.41, 5.74) is 5.26. The van der Waals surface area contributed by atoms with E-state index in [4.69, 9.17) is 5.73 Å². The molecule has 20 heavy (non-hydrogen) atoms. The molecule has 0 atom stereocenters. The van der Waals surface area contributed by atoms with E-state index < -0.39 is 10.0 Å². The molecule has 3 N–H and O–H groups in total. The molecule has 0 aliphatic heterocycles. The van der Waals surface area contributed by atoms with Gasteiger partial charge in [0, 0.05) is 12.7 Å². The zero-order chi connectivity index (χ0) is 14.6. The Bertz CT molecular complexity index is 751. The summed E-state index contributed by atoms with van der Waals surface area (Å²) in [5, 5.41) is 0.210. The van der Waals surface area contributed by atoms with Crippen molar-refractivity contribution in [3.8, 4) is 11.8 Å². The van der Waals surface area contributed by atoms with Gasteiger partial charge in [0.25, 0.3) is 10.0 Å². The summed E-state index contributed by atoms with van der Waals surface area (Å²) in [4.78, 5) is 8.46. The van der Waals surface area contributed by atoms with Crippen LogP contribution in [0.3, 0.4) is 0 Å². The van der Waals surface area contributed by atoms with Gasteiger partial charge in [0.15, 0.2) is 10.2 Å². The van der Waals surface area contributed by atoms with Gasteiger partial charge < -0.3 is 10.3 Å². The normalized spacial score (nSPS) is 10.9. The molecule has 2 aromatic heterocycles. The maximum atomic E-state index is 12.1. The molecule has 2 rings (SSSR count). The number of imidazole rings is 1. The fourth-order valence-electron chi connectivity index (χ4n) is 1.34. The van der Waals surface area contributed by atoms with Crippen molar-refractivity contribution in [1.82, 2.24) is 14.5 Å². The van der Waals surface area contributed by atoms with Crippen LogP contribution in [-0.4, -0.2) is 29.5 Å². The average Bonchev–Trinajstić information content (AvgIpc) is 3.04. The van der Waals surface area contributed by atoms with Crippen LogP contribution in [0.1, 0.15) is 11.8 Å². The first-order valence-electron chi connectivity index (χ1n) is 5.74. The molecule has 0 spiro atoms. The maximum Gasteiger partial charge on any atom is 0.282 e. The number of aryl methyl sites for hydroxylation is 1. The highest BCUT2D eigenvalue weighted by atomic mass is 32.2. The number of aromatic nitrogens is 3. The summed E-state index contributed by atoms with van der Waals surface area (Å²) in [6.07, 6.45) is 4.43. The molecule has 0 radical (unpaired) electrons. The molecule has 0 saturated heterocycles. The van der Waals surface area contributed by atoms with Crippen LogP contribution < -0.4 is 10.5 Å². The summed E-state index contributed by atoms with van der Waals surface area (Å²) < 4.78 is 28.2. The minimum absolute atomic E-state index is 0.0378. The Morgan fingerprint density at radius 3 is 2.95 bits per heavy atom. The monoisotopic (exact) mass is 311 g/mol. The van der Waals surface area contributed by atoms with E-state index in [1.807, 2.05) is 6.92 Å². The molecular formula is C11H13N5O2S2. The first-order chi connectivity index (χ1) is 9.55. The molecule has 0 saturated carbocycles. The molecule has 0 fully saturated rings. The van der Waals surface area contributed by atoms with E-state index in [0.717, 1.165) is 11.3 Å². The van der Waals surface area contributed by atoms with Crippen molar-refractivity contribution >= 4 is 26.5 Å². The summed E-state index contributed by atoms with van der Waals surface area (Å²) >= 11 is 1.14. The lowest BCUT2D eigenvalue weighted by Gasteiger charge is -2.00. The van der Waals surface area contributed by atoms with Crippen LogP contribution in [0.4, 0.5) is 5.13 Å². The number of thiazole rings is 1. The Kier molecular flexibility index (Phi) is 4.39. The van der Waals surface area contributed by atoms with Crippen molar-refractivity contribution in [2.75, 3.05) is 11.3 Å². The highest BCUT2D eigenvalue weighted by Gasteiger charge is 2.18. The fraction of sp³-hybridized carbons (Fsp3) is 0.273. The van der Waals surface area contributed by atoms with Crippen molar-refractivity contribution in [2.45, 2.75) is 18.5 Å². The van der Waals surface area contributed by atoms with Crippen molar-refractivity contribution in [3.05, 3.63) is 23.6 Å². The molecule has 0 aliphatic carbocycles. The third-order valence-electron chi connectivity index (χ3n) is 2.29. The molecule has 0 amide bonds. The smallest absolute Gasteiger partial charge is 0.282 e. The number of nitrogens with one attached hydrogen (secondary N) is 1. The van der Waals surface area contributed by atoms with Crippen molar-refractivity contribution in [3.63, 3.8) is 0 Å². The minimum Gasteiger partial charge on any atom is -0.336 e. The van der Waals surface area contributed by atoms with Gasteiger partial charge in [-0.15, -0.1) is 0 Å². The van der Waals surface area contributed by atoms with E-state index in [0.29, 0.717) is 11.4 Å². The predicted octanol–water partition coefficient (Wildman–Crippen LogP) is 0.470. The Hall–Kier alpha value is -1.89. The standard InChI is InChI=1S/C11H13N5O2S2/c1-2-16-7-10(14-8-16)20(17,18)15-11-13-6-9(19-11)4-3-5-12/h6-8H,2,5,12H2,1H3,(H,13,15). The molecular weight excluding hydrogens is 298 g/mol. The predicted molar refractivity (Wildman–Crippen MR) is 76.8 cm³/mol. The number of hydrogen-bond donors (Lipinski definition) is 2. The molecule has 2 aromatic rings. The number of nitrogens with zero attached hydrogens (tertiary/aromatic N) is 3. The van der Waals surface area contributed by atoms with Gasteiger partial charge in [0.1, 0.15) is 0 Å². The van der Waals surface area contributed by atoms with E-state index in [-0.39, 0.29) is 16.7 Å². The Labute approximate surface area is 120 Å². The van der Waals surface area contributed by atoms with E-state index in [9.17, 15) is 8.42 Å². The van der Waals surface area contributed by atoms with E-state index in [1.54, 1.807) is 4.57 Å². The zero-order valence-corrected chi connectivity index (χ0v) is 12.3. The van der Waals surface area contributed by atoms with E-state index in [2.05, 4.69) is 26.5 Å². The van der Waals surface area contributed by atoms with Crippen LogP contribution in [0, 0.1) is 11.8 Å². The number of nitrogens with two attached hydrogens (primary N) is 1. The minimum atomic E-state index is -3.72. The first kappa shape index (κ1) is 14.5. The van der Waals surface area contributed by atoms with Crippen molar-refractivity contribution in [1.29, 1.82) is 0 Å². The van der Waals surface area contributed by atoms with Gasteiger partial charge in [-0.05, 0) is 6.92 Å². The second-order valence-corrected chi connectivity index (χ2v) is 6.34. The van der Waals surface area contributed by atoms with Crippen molar-refractivity contribution in [2.24, 2.45) is 5.73 Å². The summed E-state index contributed by atoms with van der Waals surface area (Å²) in [7, 11) is -3.72. The lowest BCUT2D eigenvalue weighted by Crippen LogP contribution is -2.13. The zero-order valence-electron chi connectivity index (χ0n) is 10.7. The van der Waals surface area contributed by atoms with Crippen LogP contribution in [-0.2, 0) is 16.6 Å². The summed E-state index contributed by atoms with van der Waals surface area (Å²) in [6.45, 7) is 2.79. The van der Waals surface area contributed by atoms with E-state index >= 15 is 0 Å². The van der Waals surface area contributed by atoms with Gasteiger partial charge in [-0.2, -0.15) is 8.42 Å². The summed E-state index contributed by atoms with van der Waals surface area (Å²) in [6, 6.07) is 0. The lowest BCUT2D eigenvalue weighted by atomic mass is 10.5. The van der Waals surface area contributed by atoms with Gasteiger partial charge in [-0.1, -0.05) is 23.2 Å². The van der Waals surface area contributed by atoms with Gasteiger partial charge in [-0.3, -0.25) is 4.72 Å². The lowest BCUT2D eigenvalue weighted by molar-refractivity contribution is 0.598. The summed E-state index contributed by atoms with van der Waals surface area (Å²) in [5.74, 6) is 5.47. The average molecular weight is 311 g/mol. The SMILES string of the molecule is CCn1cnc(S(=O)(=O)Nc2ncc(C#CCN)s2)c1. The third-order valence-corrected chi connectivity index (χ3v) is 4.47. The highest BCUT2D eigenvalue weighted by molar-refractivity contribution is 7.92. The van der Waals surface area contributed by atoms with Crippen LogP contribution in [0.25, 0.3) is 0 Å². The van der Waals surface area contributed by atoms with Gasteiger partial charge in [-0.25, -0.2) is 9.97 Å². The quantitative estimate of drug-likeness (QED) is 0.799. The molecule has 9 heteroatoms. The molecule has 0 aromatic carbocycles. The number of sulfonamides is 1. The number of rotatable bonds is 4. The molecule has 0 unspecified atom stereocenters. The topological polar surface area (TPSA) is 103 Å². The van der Waals surface area contributed by atoms with E-state index in [1.165, 1.54) is 18.7 Å². The van der Waals surface area contributed by atoms with Gasteiger partial charge >= 0.3 is 0 Å². The molecule has 2 heterocycles. The Morgan fingerprint density at radius 2 is 2.30 bits per heavy atom. The third kappa shape index (κ3) is 3.36.